The topological polar surface area (TPSA) is 15.3 Å². The summed E-state index contributed by atoms with van der Waals surface area (Å²) in [4.78, 5) is 2.35. The van der Waals surface area contributed by atoms with E-state index in [-0.39, 0.29) is 6.04 Å². The number of nitrogens with zero attached hydrogens (tertiary/aromatic N) is 1. The lowest BCUT2D eigenvalue weighted by molar-refractivity contribution is 0.129. The third-order valence-corrected chi connectivity index (χ3v) is 4.09. The van der Waals surface area contributed by atoms with E-state index in [1.54, 1.807) is 19.2 Å². The van der Waals surface area contributed by atoms with Crippen LogP contribution in [0.25, 0.3) is 0 Å². The van der Waals surface area contributed by atoms with Crippen molar-refractivity contribution in [3.8, 4) is 0 Å². The minimum atomic E-state index is -0.775. The molecule has 1 saturated heterocycles. The second-order valence-corrected chi connectivity index (χ2v) is 6.15. The van der Waals surface area contributed by atoms with Crippen molar-refractivity contribution in [3.05, 3.63) is 35.4 Å². The fraction of sp³-hybridized carbons (Fsp3) is 0.625. The average molecular weight is 282 g/mol. The number of likely N-dealkylation sites (N-methyl/N-ethyl adjacent to an activating group) is 1. The molecular formula is C16H24F2N2. The Hall–Kier alpha value is -1.00. The molecule has 1 aliphatic rings. The van der Waals surface area contributed by atoms with Crippen LogP contribution in [0.4, 0.5) is 8.78 Å². The maximum atomic E-state index is 13.9. The molecule has 1 N–H and O–H groups in total. The summed E-state index contributed by atoms with van der Waals surface area (Å²) in [6.45, 7) is 7.27. The molecular weight excluding hydrogens is 258 g/mol. The molecule has 0 radical (unpaired) electrons. The smallest absolute Gasteiger partial charge is 0.163 e. The van der Waals surface area contributed by atoms with E-state index in [0.717, 1.165) is 19.2 Å². The Bertz CT molecular complexity index is 440. The third-order valence-electron chi connectivity index (χ3n) is 4.09. The van der Waals surface area contributed by atoms with E-state index in [1.807, 2.05) is 0 Å². The van der Waals surface area contributed by atoms with Gasteiger partial charge in [0.05, 0.1) is 0 Å². The monoisotopic (exact) mass is 282 g/mol. The largest absolute Gasteiger partial charge is 0.312 e. The van der Waals surface area contributed by atoms with Gasteiger partial charge in [0, 0.05) is 31.2 Å². The number of nitrogens with one attached hydrogen (secondary N) is 1. The molecule has 4 heteroatoms. The second kappa shape index (κ2) is 6.64. The summed E-state index contributed by atoms with van der Waals surface area (Å²) in [5, 5.41) is 3.12. The standard InChI is InChI=1S/C16H24F2N2/c1-11-7-12(2)9-20(8-11)10-15(19-3)13-5-4-6-14(17)16(13)18/h4-6,11-12,15,19H,7-10H2,1-3H3. The number of halogens is 2. The van der Waals surface area contributed by atoms with Crippen molar-refractivity contribution in [2.24, 2.45) is 11.8 Å². The highest BCUT2D eigenvalue weighted by Gasteiger charge is 2.25. The Balaban J connectivity index is 2.10. The van der Waals surface area contributed by atoms with Gasteiger partial charge in [-0.1, -0.05) is 26.0 Å². The molecule has 0 bridgehead atoms. The Morgan fingerprint density at radius 2 is 1.90 bits per heavy atom. The Morgan fingerprint density at radius 1 is 1.25 bits per heavy atom. The molecule has 1 aromatic carbocycles. The summed E-state index contributed by atoms with van der Waals surface area (Å²) in [5.41, 5.74) is 0.415. The van der Waals surface area contributed by atoms with Gasteiger partial charge in [-0.25, -0.2) is 8.78 Å². The molecule has 1 heterocycles. The summed E-state index contributed by atoms with van der Waals surface area (Å²) in [5.74, 6) is -0.185. The van der Waals surface area contributed by atoms with Crippen LogP contribution < -0.4 is 5.32 Å². The molecule has 0 spiro atoms. The first-order chi connectivity index (χ1) is 9.51. The van der Waals surface area contributed by atoms with Crippen LogP contribution in [0.3, 0.4) is 0 Å². The van der Waals surface area contributed by atoms with Crippen LogP contribution in [-0.4, -0.2) is 31.6 Å². The van der Waals surface area contributed by atoms with Gasteiger partial charge in [0.1, 0.15) is 0 Å². The molecule has 2 rings (SSSR count). The molecule has 1 aromatic rings. The lowest BCUT2D eigenvalue weighted by atomic mass is 9.91. The number of likely N-dealkylation sites (tertiary alicyclic amines) is 1. The molecule has 3 unspecified atom stereocenters. The van der Waals surface area contributed by atoms with E-state index in [0.29, 0.717) is 23.9 Å². The van der Waals surface area contributed by atoms with E-state index < -0.39 is 11.6 Å². The minimum absolute atomic E-state index is 0.178. The SMILES string of the molecule is CNC(CN1CC(C)CC(C)C1)c1cccc(F)c1F. The summed E-state index contributed by atoms with van der Waals surface area (Å²) in [7, 11) is 1.80. The first-order valence-electron chi connectivity index (χ1n) is 7.34. The lowest BCUT2D eigenvalue weighted by Gasteiger charge is -2.37. The highest BCUT2D eigenvalue weighted by Crippen LogP contribution is 2.25. The second-order valence-electron chi connectivity index (χ2n) is 6.15. The third kappa shape index (κ3) is 3.55. The summed E-state index contributed by atoms with van der Waals surface area (Å²) in [6, 6.07) is 4.22. The van der Waals surface area contributed by atoms with Crippen LogP contribution in [-0.2, 0) is 0 Å². The van der Waals surface area contributed by atoms with Crippen LogP contribution in [0.1, 0.15) is 31.9 Å². The highest BCUT2D eigenvalue weighted by atomic mass is 19.2. The fourth-order valence-corrected chi connectivity index (χ4v) is 3.33. The molecule has 20 heavy (non-hydrogen) atoms. The van der Waals surface area contributed by atoms with Crippen molar-refractivity contribution in [2.45, 2.75) is 26.3 Å². The van der Waals surface area contributed by atoms with E-state index >= 15 is 0 Å². The van der Waals surface area contributed by atoms with Gasteiger partial charge < -0.3 is 10.2 Å². The predicted octanol–water partition coefficient (Wildman–Crippen LogP) is 3.20. The van der Waals surface area contributed by atoms with Crippen LogP contribution in [0, 0.1) is 23.5 Å². The Labute approximate surface area is 120 Å². The zero-order valence-electron chi connectivity index (χ0n) is 12.5. The molecule has 112 valence electrons. The number of piperidine rings is 1. The molecule has 0 aliphatic carbocycles. The summed E-state index contributed by atoms with van der Waals surface area (Å²) < 4.78 is 27.3. The van der Waals surface area contributed by atoms with Gasteiger partial charge in [-0.15, -0.1) is 0 Å². The van der Waals surface area contributed by atoms with Crippen molar-refractivity contribution in [2.75, 3.05) is 26.7 Å². The maximum absolute atomic E-state index is 13.9. The van der Waals surface area contributed by atoms with Crippen LogP contribution in [0.2, 0.25) is 0 Å². The molecule has 1 aliphatic heterocycles. The zero-order chi connectivity index (χ0) is 14.7. The van der Waals surface area contributed by atoms with Crippen LogP contribution >= 0.6 is 0 Å². The molecule has 0 amide bonds. The van der Waals surface area contributed by atoms with Crippen molar-refractivity contribution in [1.82, 2.24) is 10.2 Å². The maximum Gasteiger partial charge on any atom is 0.163 e. The van der Waals surface area contributed by atoms with Crippen molar-refractivity contribution in [1.29, 1.82) is 0 Å². The van der Waals surface area contributed by atoms with E-state index in [4.69, 9.17) is 0 Å². The summed E-state index contributed by atoms with van der Waals surface area (Å²) >= 11 is 0. The van der Waals surface area contributed by atoms with Crippen LogP contribution in [0.15, 0.2) is 18.2 Å². The van der Waals surface area contributed by atoms with Gasteiger partial charge in [0.15, 0.2) is 11.6 Å². The van der Waals surface area contributed by atoms with E-state index in [2.05, 4.69) is 24.1 Å². The quantitative estimate of drug-likeness (QED) is 0.912. The van der Waals surface area contributed by atoms with E-state index in [1.165, 1.54) is 6.42 Å². The van der Waals surface area contributed by atoms with E-state index in [9.17, 15) is 8.78 Å². The first kappa shape index (κ1) is 15.4. The molecule has 0 aromatic heterocycles. The summed E-state index contributed by atoms with van der Waals surface area (Å²) in [6.07, 6.45) is 1.25. The molecule has 2 nitrogen and oxygen atoms in total. The van der Waals surface area contributed by atoms with Crippen LogP contribution in [0.5, 0.6) is 0 Å². The number of rotatable bonds is 4. The molecule has 0 saturated carbocycles. The first-order valence-corrected chi connectivity index (χ1v) is 7.34. The number of hydrogen-bond acceptors (Lipinski definition) is 2. The molecule has 3 atom stereocenters. The minimum Gasteiger partial charge on any atom is -0.312 e. The highest BCUT2D eigenvalue weighted by molar-refractivity contribution is 5.23. The van der Waals surface area contributed by atoms with Crippen molar-refractivity contribution >= 4 is 0 Å². The number of benzene rings is 1. The van der Waals surface area contributed by atoms with Gasteiger partial charge >= 0.3 is 0 Å². The van der Waals surface area contributed by atoms with Gasteiger partial charge in [-0.05, 0) is 31.4 Å². The van der Waals surface area contributed by atoms with Crippen molar-refractivity contribution in [3.63, 3.8) is 0 Å². The average Bonchev–Trinajstić information content (AvgIpc) is 2.38. The van der Waals surface area contributed by atoms with Gasteiger partial charge in [0.25, 0.3) is 0 Å². The number of hydrogen-bond donors (Lipinski definition) is 1. The zero-order valence-corrected chi connectivity index (χ0v) is 12.5. The van der Waals surface area contributed by atoms with Gasteiger partial charge in [0.2, 0.25) is 0 Å². The van der Waals surface area contributed by atoms with Crippen molar-refractivity contribution < 1.29 is 8.78 Å². The van der Waals surface area contributed by atoms with Gasteiger partial charge in [-0.2, -0.15) is 0 Å². The predicted molar refractivity (Wildman–Crippen MR) is 77.5 cm³/mol. The van der Waals surface area contributed by atoms with Gasteiger partial charge in [-0.3, -0.25) is 0 Å². The normalized spacial score (nSPS) is 25.6. The lowest BCUT2D eigenvalue weighted by Crippen LogP contribution is -2.43. The Morgan fingerprint density at radius 3 is 2.50 bits per heavy atom. The molecule has 1 fully saturated rings. The Kier molecular flexibility index (Phi) is 5.11. The fourth-order valence-electron chi connectivity index (χ4n) is 3.33.